The van der Waals surface area contributed by atoms with E-state index in [1.807, 2.05) is 54.0 Å². The van der Waals surface area contributed by atoms with Crippen molar-refractivity contribution in [2.75, 3.05) is 13.2 Å². The van der Waals surface area contributed by atoms with Crippen LogP contribution in [0, 0.1) is 17.8 Å². The van der Waals surface area contributed by atoms with Gasteiger partial charge in [-0.2, -0.15) is 0 Å². The van der Waals surface area contributed by atoms with Gasteiger partial charge in [0.2, 0.25) is 5.91 Å². The fourth-order valence-corrected chi connectivity index (χ4v) is 5.54. The van der Waals surface area contributed by atoms with Crippen molar-refractivity contribution in [3.63, 3.8) is 0 Å². The molecule has 1 aliphatic carbocycles. The van der Waals surface area contributed by atoms with Gasteiger partial charge in [0.15, 0.2) is 0 Å². The van der Waals surface area contributed by atoms with Crippen molar-refractivity contribution < 1.29 is 9.90 Å². The number of hydrogen-bond acceptors (Lipinski definition) is 4. The maximum atomic E-state index is 13.4. The fourth-order valence-electron chi connectivity index (χ4n) is 5.54. The molecule has 3 aliphatic rings. The largest absolute Gasteiger partial charge is 0.396 e. The molecule has 0 radical (unpaired) electrons. The lowest BCUT2D eigenvalue weighted by molar-refractivity contribution is -0.127. The molecule has 6 heteroatoms. The van der Waals surface area contributed by atoms with Gasteiger partial charge in [0, 0.05) is 49.5 Å². The summed E-state index contributed by atoms with van der Waals surface area (Å²) in [5.74, 6) is -0.00785. The number of nitrogens with zero attached hydrogens (tertiary/aromatic N) is 2. The van der Waals surface area contributed by atoms with Crippen LogP contribution >= 0.6 is 0 Å². The molecule has 32 heavy (non-hydrogen) atoms. The highest BCUT2D eigenvalue weighted by Crippen LogP contribution is 2.49. The van der Waals surface area contributed by atoms with Crippen LogP contribution in [0.1, 0.15) is 42.6 Å². The normalized spacial score (nSPS) is 26.9. The smallest absolute Gasteiger partial charge is 0.258 e. The number of amides is 1. The number of benzene rings is 1. The fraction of sp³-hybridized carbons (Fsp3) is 0.462. The minimum absolute atomic E-state index is 0.0000544. The molecule has 2 aliphatic heterocycles. The van der Waals surface area contributed by atoms with Crippen LogP contribution in [0.3, 0.4) is 0 Å². The van der Waals surface area contributed by atoms with Crippen LogP contribution in [0.2, 0.25) is 0 Å². The lowest BCUT2D eigenvalue weighted by Crippen LogP contribution is -2.46. The minimum Gasteiger partial charge on any atom is -0.396 e. The van der Waals surface area contributed by atoms with E-state index in [9.17, 15) is 14.7 Å². The van der Waals surface area contributed by atoms with E-state index < -0.39 is 0 Å². The molecule has 1 saturated carbocycles. The van der Waals surface area contributed by atoms with Crippen molar-refractivity contribution >= 4 is 12.0 Å². The molecule has 0 spiro atoms. The Bertz CT molecular complexity index is 1070. The number of carbonyl (C=O) groups excluding carboxylic acids is 1. The van der Waals surface area contributed by atoms with Gasteiger partial charge in [-0.25, -0.2) is 0 Å². The van der Waals surface area contributed by atoms with Gasteiger partial charge in [-0.05, 0) is 43.4 Å². The molecule has 4 atom stereocenters. The molecule has 5 rings (SSSR count). The van der Waals surface area contributed by atoms with Crippen molar-refractivity contribution in [2.45, 2.75) is 44.9 Å². The van der Waals surface area contributed by atoms with Crippen molar-refractivity contribution in [1.29, 1.82) is 0 Å². The Hall–Kier alpha value is -2.70. The Morgan fingerprint density at radius 2 is 1.97 bits per heavy atom. The number of carbonyl (C=O) groups is 1. The number of allylic oxidation sites excluding steroid dienone is 1. The Kier molecular flexibility index (Phi) is 5.74. The summed E-state index contributed by atoms with van der Waals surface area (Å²) in [6, 6.07) is 13.8. The summed E-state index contributed by atoms with van der Waals surface area (Å²) in [5.41, 5.74) is 2.67. The molecular formula is C26H31N3O3. The Morgan fingerprint density at radius 1 is 1.19 bits per heavy atom. The second-order valence-corrected chi connectivity index (χ2v) is 9.36. The molecule has 1 amide bonds. The van der Waals surface area contributed by atoms with Gasteiger partial charge in [0.25, 0.3) is 5.56 Å². The van der Waals surface area contributed by atoms with Crippen LogP contribution < -0.4 is 10.9 Å². The van der Waals surface area contributed by atoms with Gasteiger partial charge in [-0.1, -0.05) is 42.5 Å². The molecule has 1 aromatic heterocycles. The van der Waals surface area contributed by atoms with E-state index in [1.165, 1.54) is 18.4 Å². The van der Waals surface area contributed by atoms with E-state index in [1.54, 1.807) is 0 Å². The van der Waals surface area contributed by atoms with E-state index in [2.05, 4.69) is 22.3 Å². The van der Waals surface area contributed by atoms with Gasteiger partial charge in [0.05, 0.1) is 12.0 Å². The second kappa shape index (κ2) is 8.68. The van der Waals surface area contributed by atoms with E-state index >= 15 is 0 Å². The van der Waals surface area contributed by atoms with Gasteiger partial charge >= 0.3 is 0 Å². The highest BCUT2D eigenvalue weighted by atomic mass is 16.3. The summed E-state index contributed by atoms with van der Waals surface area (Å²) >= 11 is 0. The van der Waals surface area contributed by atoms with Crippen molar-refractivity contribution in [2.24, 2.45) is 17.8 Å². The maximum Gasteiger partial charge on any atom is 0.258 e. The second-order valence-electron chi connectivity index (χ2n) is 9.36. The summed E-state index contributed by atoms with van der Waals surface area (Å²) in [6.45, 7) is 3.70. The van der Waals surface area contributed by atoms with E-state index in [4.69, 9.17) is 0 Å². The zero-order chi connectivity index (χ0) is 22.2. The molecule has 1 aromatic carbocycles. The van der Waals surface area contributed by atoms with Crippen molar-refractivity contribution in [3.05, 3.63) is 75.7 Å². The standard InChI is InChI=1S/C26H31N3O3/c1-2-6-19-11-12-21-24-23(25(31)27-13-17-9-10-17)20(16-30)22(15-29(21)26(19)32)28(24)14-18-7-4-3-5-8-18/h2-8,11-12,17,20,22-24,30H,9-10,13-16H2,1H3,(H,27,31)/b6-2-/t20-,22-,23+,24+/m0/s1. The first kappa shape index (κ1) is 21.2. The summed E-state index contributed by atoms with van der Waals surface area (Å²) in [4.78, 5) is 29.0. The first-order valence-corrected chi connectivity index (χ1v) is 11.7. The van der Waals surface area contributed by atoms with Gasteiger partial charge in [-0.15, -0.1) is 0 Å². The third kappa shape index (κ3) is 3.71. The zero-order valence-electron chi connectivity index (χ0n) is 18.5. The van der Waals surface area contributed by atoms with Gasteiger partial charge < -0.3 is 15.0 Å². The summed E-state index contributed by atoms with van der Waals surface area (Å²) in [5, 5.41) is 13.5. The number of nitrogens with one attached hydrogen (secondary N) is 1. The van der Waals surface area contributed by atoms with Crippen LogP contribution in [0.5, 0.6) is 0 Å². The molecule has 2 bridgehead atoms. The van der Waals surface area contributed by atoms with Crippen molar-refractivity contribution in [3.8, 4) is 0 Å². The lowest BCUT2D eigenvalue weighted by Gasteiger charge is -2.38. The summed E-state index contributed by atoms with van der Waals surface area (Å²) in [7, 11) is 0. The van der Waals surface area contributed by atoms with Crippen LogP contribution in [0.15, 0.2) is 53.3 Å². The lowest BCUT2D eigenvalue weighted by atomic mass is 9.86. The number of aromatic nitrogens is 1. The molecule has 0 unspecified atom stereocenters. The average Bonchev–Trinajstić information content (AvgIpc) is 3.60. The Balaban J connectivity index is 1.56. The average molecular weight is 434 g/mol. The van der Waals surface area contributed by atoms with Crippen LogP contribution in [0.25, 0.3) is 6.08 Å². The highest BCUT2D eigenvalue weighted by Gasteiger charge is 2.55. The molecule has 6 nitrogen and oxygen atoms in total. The first-order chi connectivity index (χ1) is 15.6. The first-order valence-electron chi connectivity index (χ1n) is 11.7. The van der Waals surface area contributed by atoms with Crippen LogP contribution in [-0.4, -0.2) is 39.7 Å². The molecule has 1 saturated heterocycles. The molecule has 2 N–H and O–H groups in total. The Morgan fingerprint density at radius 3 is 2.66 bits per heavy atom. The van der Waals surface area contributed by atoms with Crippen LogP contribution in [-0.2, 0) is 17.9 Å². The quantitative estimate of drug-likeness (QED) is 0.704. The van der Waals surface area contributed by atoms with Crippen LogP contribution in [0.4, 0.5) is 0 Å². The molecule has 3 heterocycles. The molecule has 2 aromatic rings. The minimum atomic E-state index is -0.381. The predicted molar refractivity (Wildman–Crippen MR) is 124 cm³/mol. The summed E-state index contributed by atoms with van der Waals surface area (Å²) in [6.07, 6.45) is 6.05. The zero-order valence-corrected chi connectivity index (χ0v) is 18.5. The maximum absolute atomic E-state index is 13.4. The van der Waals surface area contributed by atoms with Gasteiger partial charge in [-0.3, -0.25) is 14.5 Å². The number of aliphatic hydroxyl groups is 1. The predicted octanol–water partition coefficient (Wildman–Crippen LogP) is 2.57. The van der Waals surface area contributed by atoms with Gasteiger partial charge in [0.1, 0.15) is 0 Å². The Labute approximate surface area is 188 Å². The number of pyridine rings is 1. The van der Waals surface area contributed by atoms with E-state index in [0.29, 0.717) is 31.1 Å². The van der Waals surface area contributed by atoms with E-state index in [0.717, 1.165) is 5.69 Å². The highest BCUT2D eigenvalue weighted by molar-refractivity contribution is 5.80. The number of aliphatic hydroxyl groups excluding tert-OH is 1. The SMILES string of the molecule is C/C=C\c1ccc2n(c1=O)C[C@H]1[C@H](CO)[C@@H](C(=O)NCC3CC3)[C@@H]2N1Cc1ccccc1. The number of fused-ring (bicyclic) bond motifs is 4. The monoisotopic (exact) mass is 433 g/mol. The topological polar surface area (TPSA) is 74.6 Å². The molecular weight excluding hydrogens is 402 g/mol. The van der Waals surface area contributed by atoms with Crippen molar-refractivity contribution in [1.82, 2.24) is 14.8 Å². The summed E-state index contributed by atoms with van der Waals surface area (Å²) < 4.78 is 1.84. The number of rotatable bonds is 7. The molecule has 168 valence electrons. The van der Waals surface area contributed by atoms with E-state index in [-0.39, 0.29) is 42.0 Å². The molecule has 2 fully saturated rings. The number of hydrogen-bond donors (Lipinski definition) is 2. The third-order valence-corrected chi connectivity index (χ3v) is 7.32. The third-order valence-electron chi connectivity index (χ3n) is 7.32.